The second-order valence-electron chi connectivity index (χ2n) is 1.16. The highest BCUT2D eigenvalue weighted by atomic mass is 15.5. The third-order valence-corrected chi connectivity index (χ3v) is 0.626. The maximum Gasteiger partial charge on any atom is 0.188 e. The lowest BCUT2D eigenvalue weighted by atomic mass is 10.5. The van der Waals surface area contributed by atoms with Crippen molar-refractivity contribution in [1.29, 1.82) is 5.26 Å². The van der Waals surface area contributed by atoms with Crippen LogP contribution >= 0.6 is 0 Å². The van der Waals surface area contributed by atoms with Crippen LogP contribution in [0.15, 0.2) is 0 Å². The van der Waals surface area contributed by atoms with Crippen molar-refractivity contribution in [3.63, 3.8) is 0 Å². The normalized spacial score (nSPS) is 8.38. The lowest BCUT2D eigenvalue weighted by Crippen LogP contribution is -1.82. The van der Waals surface area contributed by atoms with Gasteiger partial charge in [-0.2, -0.15) is 10.5 Å². The summed E-state index contributed by atoms with van der Waals surface area (Å²) in [7, 11) is 0. The Morgan fingerprint density at radius 2 is 2.62 bits per heavy atom. The Morgan fingerprint density at radius 3 is 3.12 bits per heavy atom. The van der Waals surface area contributed by atoms with E-state index in [0.717, 1.165) is 0 Å². The van der Waals surface area contributed by atoms with Crippen molar-refractivity contribution in [1.82, 2.24) is 20.6 Å². The number of rotatable bonds is 1. The van der Waals surface area contributed by atoms with Gasteiger partial charge >= 0.3 is 0 Å². The predicted octanol–water partition coefficient (Wildman–Crippen LogP) is -0.734. The molecule has 1 heterocycles. The van der Waals surface area contributed by atoms with Gasteiger partial charge in [0.15, 0.2) is 5.82 Å². The zero-order chi connectivity index (χ0) is 5.82. The zero-order valence-corrected chi connectivity index (χ0v) is 4.00. The summed E-state index contributed by atoms with van der Waals surface area (Å²) in [5.74, 6) is 0.438. The van der Waals surface area contributed by atoms with Gasteiger partial charge in [0, 0.05) is 0 Å². The van der Waals surface area contributed by atoms with E-state index in [1.54, 1.807) is 0 Å². The van der Waals surface area contributed by atoms with Crippen LogP contribution in [0, 0.1) is 11.3 Å². The van der Waals surface area contributed by atoms with Crippen LogP contribution in [0.1, 0.15) is 5.82 Å². The van der Waals surface area contributed by atoms with Gasteiger partial charge in [-0.25, -0.2) is 0 Å². The summed E-state index contributed by atoms with van der Waals surface area (Å²) in [5.41, 5.74) is 0. The van der Waals surface area contributed by atoms with E-state index < -0.39 is 0 Å². The third kappa shape index (κ3) is 0.789. The molecule has 5 heteroatoms. The molecule has 8 heavy (non-hydrogen) atoms. The van der Waals surface area contributed by atoms with Crippen molar-refractivity contribution in [3.8, 4) is 6.07 Å². The molecule has 1 aromatic heterocycles. The molecule has 0 saturated heterocycles. The lowest BCUT2D eigenvalue weighted by molar-refractivity contribution is 0.881. The molecule has 0 aromatic carbocycles. The minimum absolute atomic E-state index is 0.219. The molecule has 5 nitrogen and oxygen atoms in total. The number of hydrogen-bond acceptors (Lipinski definition) is 4. The number of nitrogens with one attached hydrogen (secondary N) is 1. The molecular weight excluding hydrogens is 106 g/mol. The van der Waals surface area contributed by atoms with Gasteiger partial charge < -0.3 is 0 Å². The molecule has 0 amide bonds. The Balaban J connectivity index is 2.67. The van der Waals surface area contributed by atoms with Crippen LogP contribution in [0.3, 0.4) is 0 Å². The summed E-state index contributed by atoms with van der Waals surface area (Å²) in [6, 6.07) is 1.89. The molecule has 0 saturated carbocycles. The molecule has 0 atom stereocenters. The summed E-state index contributed by atoms with van der Waals surface area (Å²) in [6.07, 6.45) is 0.219. The fraction of sp³-hybridized carbons (Fsp3) is 0.333. The Morgan fingerprint density at radius 1 is 1.75 bits per heavy atom. The predicted molar refractivity (Wildman–Crippen MR) is 23.5 cm³/mol. The quantitative estimate of drug-likeness (QED) is 0.515. The summed E-state index contributed by atoms with van der Waals surface area (Å²) in [6.45, 7) is 0. The first-order chi connectivity index (χ1) is 3.93. The molecule has 0 radical (unpaired) electrons. The first-order valence-electron chi connectivity index (χ1n) is 2.03. The first-order valence-corrected chi connectivity index (χ1v) is 2.03. The smallest absolute Gasteiger partial charge is 0.188 e. The van der Waals surface area contributed by atoms with E-state index in [9.17, 15) is 0 Å². The number of hydrogen-bond donors (Lipinski definition) is 1. The van der Waals surface area contributed by atoms with Crippen molar-refractivity contribution >= 4 is 0 Å². The molecule has 0 aliphatic heterocycles. The van der Waals surface area contributed by atoms with E-state index in [1.807, 2.05) is 6.07 Å². The van der Waals surface area contributed by atoms with Gasteiger partial charge in [-0.15, -0.1) is 10.2 Å². The van der Waals surface area contributed by atoms with Crippen LogP contribution in [0.5, 0.6) is 0 Å². The van der Waals surface area contributed by atoms with Crippen LogP contribution < -0.4 is 0 Å². The Kier molecular flexibility index (Phi) is 1.19. The van der Waals surface area contributed by atoms with Gasteiger partial charge in [0.1, 0.15) is 0 Å². The largest absolute Gasteiger partial charge is 0.198 e. The van der Waals surface area contributed by atoms with Gasteiger partial charge in [0.05, 0.1) is 12.5 Å². The average Bonchev–Trinajstić information content (AvgIpc) is 2.19. The van der Waals surface area contributed by atoms with Crippen molar-refractivity contribution in [3.05, 3.63) is 5.82 Å². The van der Waals surface area contributed by atoms with Crippen LogP contribution in [0.2, 0.25) is 0 Å². The van der Waals surface area contributed by atoms with Crippen LogP contribution in [-0.4, -0.2) is 20.6 Å². The van der Waals surface area contributed by atoms with Gasteiger partial charge in [-0.3, -0.25) is 0 Å². The van der Waals surface area contributed by atoms with E-state index in [0.29, 0.717) is 5.82 Å². The molecule has 0 aliphatic rings. The zero-order valence-electron chi connectivity index (χ0n) is 4.00. The second-order valence-corrected chi connectivity index (χ2v) is 1.16. The number of aromatic amines is 1. The highest BCUT2D eigenvalue weighted by molar-refractivity contribution is 4.88. The maximum atomic E-state index is 8.07. The number of nitrogens with zero attached hydrogens (tertiary/aromatic N) is 4. The van der Waals surface area contributed by atoms with Gasteiger partial charge in [0.2, 0.25) is 0 Å². The van der Waals surface area contributed by atoms with Crippen LogP contribution in [0.4, 0.5) is 0 Å². The van der Waals surface area contributed by atoms with Crippen LogP contribution in [-0.2, 0) is 6.42 Å². The van der Waals surface area contributed by atoms with E-state index in [1.165, 1.54) is 0 Å². The Labute approximate surface area is 45.3 Å². The summed E-state index contributed by atoms with van der Waals surface area (Å²) in [4.78, 5) is 0. The van der Waals surface area contributed by atoms with Crippen molar-refractivity contribution in [2.75, 3.05) is 0 Å². The average molecular weight is 109 g/mol. The van der Waals surface area contributed by atoms with Crippen molar-refractivity contribution < 1.29 is 0 Å². The van der Waals surface area contributed by atoms with E-state index in [2.05, 4.69) is 20.6 Å². The van der Waals surface area contributed by atoms with Crippen molar-refractivity contribution in [2.24, 2.45) is 0 Å². The molecule has 40 valence electrons. The summed E-state index contributed by atoms with van der Waals surface area (Å²) in [5, 5.41) is 20.6. The maximum absolute atomic E-state index is 8.07. The minimum atomic E-state index is 0.219. The fourth-order valence-corrected chi connectivity index (χ4v) is 0.328. The van der Waals surface area contributed by atoms with Crippen molar-refractivity contribution in [2.45, 2.75) is 6.42 Å². The molecule has 1 aromatic rings. The van der Waals surface area contributed by atoms with E-state index in [-0.39, 0.29) is 6.42 Å². The standard InChI is InChI=1S/C3H3N5/c4-2-1-3-5-7-8-6-3/h1H2,(H,5,6,7,8). The van der Waals surface area contributed by atoms with Gasteiger partial charge in [0.25, 0.3) is 0 Å². The number of tetrazole rings is 1. The molecule has 0 unspecified atom stereocenters. The number of nitriles is 1. The Hall–Kier alpha value is -1.44. The van der Waals surface area contributed by atoms with Gasteiger partial charge in [-0.1, -0.05) is 5.21 Å². The monoisotopic (exact) mass is 109 g/mol. The third-order valence-electron chi connectivity index (χ3n) is 0.626. The minimum Gasteiger partial charge on any atom is -0.198 e. The van der Waals surface area contributed by atoms with E-state index in [4.69, 9.17) is 5.26 Å². The summed E-state index contributed by atoms with van der Waals surface area (Å²) >= 11 is 0. The highest BCUT2D eigenvalue weighted by Gasteiger charge is 1.91. The fourth-order valence-electron chi connectivity index (χ4n) is 0.328. The van der Waals surface area contributed by atoms with Crippen LogP contribution in [0.25, 0.3) is 0 Å². The molecular formula is C3H3N5. The van der Waals surface area contributed by atoms with E-state index >= 15 is 0 Å². The molecule has 0 bridgehead atoms. The number of H-pyrrole nitrogens is 1. The molecule has 0 spiro atoms. The molecule has 1 N–H and O–H groups in total. The second kappa shape index (κ2) is 2.02. The molecule has 0 aliphatic carbocycles. The molecule has 1 rings (SSSR count). The highest BCUT2D eigenvalue weighted by Crippen LogP contribution is 1.79. The number of aromatic nitrogens is 4. The lowest BCUT2D eigenvalue weighted by Gasteiger charge is -1.70. The SMILES string of the molecule is N#CCc1nn[nH]n1. The van der Waals surface area contributed by atoms with Gasteiger partial charge in [-0.05, 0) is 0 Å². The topological polar surface area (TPSA) is 78.2 Å². The first kappa shape index (κ1) is 4.71. The Bertz CT molecular complexity index is 182. The molecule has 0 fully saturated rings. The summed E-state index contributed by atoms with van der Waals surface area (Å²) < 4.78 is 0.